The quantitative estimate of drug-likeness (QED) is 0.600. The zero-order chi connectivity index (χ0) is 22.7. The van der Waals surface area contributed by atoms with Gasteiger partial charge in [-0.1, -0.05) is 0 Å². The van der Waals surface area contributed by atoms with E-state index in [4.69, 9.17) is 24.2 Å². The third-order valence-corrected chi connectivity index (χ3v) is 5.07. The number of carbonyl (C=O) groups is 1. The molecule has 1 N–H and O–H groups in total. The molecule has 3 heterocycles. The van der Waals surface area contributed by atoms with Crippen LogP contribution in [0.3, 0.4) is 0 Å². The Kier molecular flexibility index (Phi) is 5.81. The molecule has 1 aliphatic heterocycles. The van der Waals surface area contributed by atoms with Crippen molar-refractivity contribution >= 4 is 5.91 Å². The molecule has 10 heteroatoms. The number of benzene rings is 1. The molecule has 2 aromatic heterocycles. The second-order valence-corrected chi connectivity index (χ2v) is 7.00. The van der Waals surface area contributed by atoms with E-state index >= 15 is 0 Å². The summed E-state index contributed by atoms with van der Waals surface area (Å²) in [6.07, 6.45) is 1.34. The minimum atomic E-state index is -0.224. The summed E-state index contributed by atoms with van der Waals surface area (Å²) in [6, 6.07) is 10.6. The predicted molar refractivity (Wildman–Crippen MR) is 113 cm³/mol. The monoisotopic (exact) mass is 435 g/mol. The lowest BCUT2D eigenvalue weighted by Crippen LogP contribution is -2.56. The first-order valence-electron chi connectivity index (χ1n) is 9.74. The number of rotatable bonds is 7. The van der Waals surface area contributed by atoms with E-state index in [0.717, 1.165) is 0 Å². The predicted octanol–water partition coefficient (Wildman–Crippen LogP) is 2.27. The van der Waals surface area contributed by atoms with E-state index in [1.54, 1.807) is 41.4 Å². The van der Waals surface area contributed by atoms with Crippen molar-refractivity contribution in [2.24, 2.45) is 0 Å². The summed E-state index contributed by atoms with van der Waals surface area (Å²) in [4.78, 5) is 18.5. The Morgan fingerprint density at radius 1 is 1.16 bits per heavy atom. The minimum Gasteiger partial charge on any atom is -0.493 e. The number of pyridine rings is 1. The maximum Gasteiger partial charge on any atom is 0.272 e. The molecule has 0 unspecified atom stereocenters. The second kappa shape index (κ2) is 8.85. The Morgan fingerprint density at radius 2 is 1.88 bits per heavy atom. The van der Waals surface area contributed by atoms with Crippen molar-refractivity contribution in [3.05, 3.63) is 47.8 Å². The molecule has 32 heavy (non-hydrogen) atoms. The van der Waals surface area contributed by atoms with Crippen molar-refractivity contribution < 1.29 is 23.7 Å². The molecule has 164 valence electrons. The van der Waals surface area contributed by atoms with E-state index in [0.29, 0.717) is 52.9 Å². The van der Waals surface area contributed by atoms with Gasteiger partial charge in [-0.25, -0.2) is 4.98 Å². The molecule has 3 aromatic rings. The highest BCUT2D eigenvalue weighted by molar-refractivity contribution is 5.94. The van der Waals surface area contributed by atoms with Crippen LogP contribution in [-0.4, -0.2) is 66.5 Å². The average molecular weight is 435 g/mol. The number of hydrogen-bond acceptors (Lipinski definition) is 8. The maximum atomic E-state index is 12.8. The highest BCUT2D eigenvalue weighted by Gasteiger charge is 2.34. The number of nitrogens with zero attached hydrogens (tertiary/aromatic N) is 4. The van der Waals surface area contributed by atoms with Crippen LogP contribution in [0.5, 0.6) is 23.1 Å². The van der Waals surface area contributed by atoms with Gasteiger partial charge in [0.15, 0.2) is 11.5 Å². The highest BCUT2D eigenvalue weighted by atomic mass is 16.5. The lowest BCUT2D eigenvalue weighted by Gasteiger charge is -2.38. The van der Waals surface area contributed by atoms with Gasteiger partial charge in [0, 0.05) is 11.8 Å². The van der Waals surface area contributed by atoms with Gasteiger partial charge in [0.1, 0.15) is 23.4 Å². The van der Waals surface area contributed by atoms with Crippen molar-refractivity contribution in [1.29, 1.82) is 5.26 Å². The Bertz CT molecular complexity index is 1150. The summed E-state index contributed by atoms with van der Waals surface area (Å²) in [5, 5.41) is 16.2. The van der Waals surface area contributed by atoms with E-state index in [-0.39, 0.29) is 17.9 Å². The van der Waals surface area contributed by atoms with Crippen LogP contribution >= 0.6 is 0 Å². The number of H-pyrrole nitrogens is 1. The Balaban J connectivity index is 1.45. The number of aromatic nitrogens is 3. The number of nitrogens with one attached hydrogen (secondary N) is 1. The van der Waals surface area contributed by atoms with Crippen molar-refractivity contribution in [3.63, 3.8) is 0 Å². The van der Waals surface area contributed by atoms with Gasteiger partial charge in [0.25, 0.3) is 5.91 Å². The molecule has 0 atom stereocenters. The fourth-order valence-electron chi connectivity index (χ4n) is 3.38. The topological polar surface area (TPSA) is 123 Å². The fraction of sp³-hybridized carbons (Fsp3) is 0.273. The van der Waals surface area contributed by atoms with E-state index in [2.05, 4.69) is 15.2 Å². The zero-order valence-corrected chi connectivity index (χ0v) is 17.8. The van der Waals surface area contributed by atoms with Gasteiger partial charge in [-0.05, 0) is 30.3 Å². The van der Waals surface area contributed by atoms with Crippen molar-refractivity contribution in [2.45, 2.75) is 6.10 Å². The molecule has 0 bridgehead atoms. The third-order valence-electron chi connectivity index (χ3n) is 5.07. The summed E-state index contributed by atoms with van der Waals surface area (Å²) in [6.45, 7) is 0.775. The largest absolute Gasteiger partial charge is 0.493 e. The normalized spacial score (nSPS) is 13.1. The summed E-state index contributed by atoms with van der Waals surface area (Å²) < 4.78 is 21.8. The van der Waals surface area contributed by atoms with Crippen LogP contribution in [0.25, 0.3) is 11.3 Å². The van der Waals surface area contributed by atoms with Gasteiger partial charge in [-0.2, -0.15) is 10.4 Å². The minimum absolute atomic E-state index is 0.197. The average Bonchev–Trinajstić information content (AvgIpc) is 3.30. The molecule has 0 spiro atoms. The van der Waals surface area contributed by atoms with E-state index in [1.165, 1.54) is 21.3 Å². The third kappa shape index (κ3) is 3.88. The first-order chi connectivity index (χ1) is 15.6. The number of amides is 1. The van der Waals surface area contributed by atoms with Crippen LogP contribution in [-0.2, 0) is 0 Å². The molecule has 1 amide bonds. The summed E-state index contributed by atoms with van der Waals surface area (Å²) in [5.41, 5.74) is 1.98. The molecule has 1 fully saturated rings. The molecule has 1 aromatic carbocycles. The smallest absolute Gasteiger partial charge is 0.272 e. The van der Waals surface area contributed by atoms with Gasteiger partial charge < -0.3 is 23.8 Å². The molecule has 0 aliphatic carbocycles. The number of ether oxygens (including phenoxy) is 4. The SMILES string of the molecule is COc1cc(-c2cc(C(=O)N3CC(Oc4ncccc4C#N)C3)[nH]n2)cc(OC)c1OC. The van der Waals surface area contributed by atoms with Crippen molar-refractivity contribution in [1.82, 2.24) is 20.1 Å². The molecular weight excluding hydrogens is 414 g/mol. The van der Waals surface area contributed by atoms with Crippen LogP contribution in [0, 0.1) is 11.3 Å². The Hall–Kier alpha value is -4.26. The zero-order valence-electron chi connectivity index (χ0n) is 17.8. The highest BCUT2D eigenvalue weighted by Crippen LogP contribution is 2.40. The van der Waals surface area contributed by atoms with Gasteiger partial charge in [0.05, 0.1) is 40.1 Å². The molecule has 4 rings (SSSR count). The number of aromatic amines is 1. The lowest BCUT2D eigenvalue weighted by molar-refractivity contribution is 0.0154. The fourth-order valence-corrected chi connectivity index (χ4v) is 3.38. The summed E-state index contributed by atoms with van der Waals surface area (Å²) in [5.74, 6) is 1.54. The van der Waals surface area contributed by atoms with E-state index in [1.807, 2.05) is 6.07 Å². The molecule has 1 aliphatic rings. The van der Waals surface area contributed by atoms with Crippen LogP contribution < -0.4 is 18.9 Å². The van der Waals surface area contributed by atoms with E-state index < -0.39 is 0 Å². The van der Waals surface area contributed by atoms with Crippen LogP contribution in [0.2, 0.25) is 0 Å². The first kappa shape index (κ1) is 21.0. The number of hydrogen-bond donors (Lipinski definition) is 1. The van der Waals surface area contributed by atoms with Gasteiger partial charge in [-0.3, -0.25) is 9.89 Å². The molecule has 0 saturated carbocycles. The van der Waals surface area contributed by atoms with Gasteiger partial charge >= 0.3 is 0 Å². The Labute approximate surface area is 184 Å². The second-order valence-electron chi connectivity index (χ2n) is 7.00. The Morgan fingerprint density at radius 3 is 2.50 bits per heavy atom. The number of nitriles is 1. The molecule has 0 radical (unpaired) electrons. The lowest BCUT2D eigenvalue weighted by atomic mass is 10.1. The van der Waals surface area contributed by atoms with Gasteiger partial charge in [0.2, 0.25) is 11.6 Å². The van der Waals surface area contributed by atoms with E-state index in [9.17, 15) is 4.79 Å². The number of likely N-dealkylation sites (tertiary alicyclic amines) is 1. The maximum absolute atomic E-state index is 12.8. The summed E-state index contributed by atoms with van der Waals surface area (Å²) in [7, 11) is 4.60. The van der Waals surface area contributed by atoms with Crippen LogP contribution in [0.15, 0.2) is 36.5 Å². The number of carbonyl (C=O) groups excluding carboxylic acids is 1. The first-order valence-corrected chi connectivity index (χ1v) is 9.74. The van der Waals surface area contributed by atoms with Crippen LogP contribution in [0.4, 0.5) is 0 Å². The summed E-state index contributed by atoms with van der Waals surface area (Å²) >= 11 is 0. The van der Waals surface area contributed by atoms with Crippen LogP contribution in [0.1, 0.15) is 16.1 Å². The molecular formula is C22H21N5O5. The van der Waals surface area contributed by atoms with Crippen molar-refractivity contribution in [3.8, 4) is 40.5 Å². The number of methoxy groups -OCH3 is 3. The molecule has 1 saturated heterocycles. The standard InChI is InChI=1S/C22H21N5O5/c1-29-18-7-14(8-19(30-2)20(18)31-3)16-9-17(26-25-16)22(28)27-11-15(12-27)32-21-13(10-23)5-4-6-24-21/h4-9,15H,11-12H2,1-3H3,(H,25,26). The van der Waals surface area contributed by atoms with Crippen molar-refractivity contribution in [2.75, 3.05) is 34.4 Å². The van der Waals surface area contributed by atoms with Gasteiger partial charge in [-0.15, -0.1) is 0 Å². The molecule has 10 nitrogen and oxygen atoms in total.